The molecule has 2 heterocycles. The zero-order valence-electron chi connectivity index (χ0n) is 15.6. The van der Waals surface area contributed by atoms with E-state index in [2.05, 4.69) is 11.0 Å². The molecule has 1 saturated heterocycles. The number of methoxy groups -OCH3 is 1. The van der Waals surface area contributed by atoms with Gasteiger partial charge in [0.15, 0.2) is 0 Å². The quantitative estimate of drug-likeness (QED) is 0.647. The third-order valence-corrected chi connectivity index (χ3v) is 6.89. The fourth-order valence-electron chi connectivity index (χ4n) is 3.61. The summed E-state index contributed by atoms with van der Waals surface area (Å²) in [6.07, 6.45) is 0.160. The second-order valence-corrected chi connectivity index (χ2v) is 8.45. The number of allylic oxidation sites excluding steroid dienone is 1. The van der Waals surface area contributed by atoms with Crippen LogP contribution >= 0.6 is 35.0 Å². The van der Waals surface area contributed by atoms with Crippen LogP contribution in [0.3, 0.4) is 0 Å². The number of thioether (sulfide) groups is 1. The van der Waals surface area contributed by atoms with Crippen LogP contribution in [-0.2, 0) is 4.79 Å². The van der Waals surface area contributed by atoms with Gasteiger partial charge in [0.2, 0.25) is 5.91 Å². The van der Waals surface area contributed by atoms with E-state index in [0.29, 0.717) is 38.8 Å². The van der Waals surface area contributed by atoms with Crippen LogP contribution in [0.15, 0.2) is 53.1 Å². The molecular formula is C21H17Cl2N3O2S. The molecule has 0 spiro atoms. The second-order valence-electron chi connectivity index (χ2n) is 6.70. The topological polar surface area (TPSA) is 56.6 Å². The van der Waals surface area contributed by atoms with Crippen LogP contribution in [0.2, 0.25) is 10.0 Å². The van der Waals surface area contributed by atoms with Crippen LogP contribution in [0.5, 0.6) is 5.75 Å². The average Bonchev–Trinajstić information content (AvgIpc) is 2.74. The predicted octanol–water partition coefficient (Wildman–Crippen LogP) is 5.22. The number of fused-ring (bicyclic) bond motifs is 1. The third-order valence-electron chi connectivity index (χ3n) is 5.08. The maximum absolute atomic E-state index is 13.0. The molecule has 1 amide bonds. The van der Waals surface area contributed by atoms with Crippen LogP contribution in [-0.4, -0.2) is 30.5 Å². The molecule has 0 aliphatic carbocycles. The van der Waals surface area contributed by atoms with Crippen molar-refractivity contribution in [2.75, 3.05) is 24.6 Å². The van der Waals surface area contributed by atoms with Gasteiger partial charge in [-0.1, -0.05) is 41.0 Å². The molecule has 1 unspecified atom stereocenters. The van der Waals surface area contributed by atoms with Crippen LogP contribution in [0, 0.1) is 11.3 Å². The highest BCUT2D eigenvalue weighted by molar-refractivity contribution is 8.03. The van der Waals surface area contributed by atoms with Crippen LogP contribution in [0.1, 0.15) is 17.9 Å². The number of hydrogen-bond donors (Lipinski definition) is 0. The summed E-state index contributed by atoms with van der Waals surface area (Å²) < 4.78 is 5.21. The number of amides is 1. The van der Waals surface area contributed by atoms with Crippen molar-refractivity contribution in [1.82, 2.24) is 4.90 Å². The molecule has 148 valence electrons. The zero-order valence-corrected chi connectivity index (χ0v) is 17.9. The van der Waals surface area contributed by atoms with Crippen molar-refractivity contribution in [2.45, 2.75) is 12.3 Å². The van der Waals surface area contributed by atoms with Crippen LogP contribution in [0.25, 0.3) is 0 Å². The lowest BCUT2D eigenvalue weighted by molar-refractivity contribution is -0.129. The molecule has 2 aromatic carbocycles. The number of hydrogen-bond acceptors (Lipinski definition) is 5. The molecule has 2 aliphatic heterocycles. The lowest BCUT2D eigenvalue weighted by Gasteiger charge is -2.42. The number of anilines is 1. The molecule has 5 nitrogen and oxygen atoms in total. The summed E-state index contributed by atoms with van der Waals surface area (Å²) in [4.78, 5) is 16.8. The van der Waals surface area contributed by atoms with E-state index in [4.69, 9.17) is 27.9 Å². The van der Waals surface area contributed by atoms with E-state index in [1.165, 1.54) is 11.8 Å². The lowest BCUT2D eigenvalue weighted by Crippen LogP contribution is -2.47. The molecule has 0 saturated carbocycles. The number of rotatable bonds is 3. The van der Waals surface area contributed by atoms with Gasteiger partial charge in [-0.2, -0.15) is 5.26 Å². The van der Waals surface area contributed by atoms with E-state index in [0.717, 1.165) is 11.4 Å². The van der Waals surface area contributed by atoms with Gasteiger partial charge >= 0.3 is 0 Å². The van der Waals surface area contributed by atoms with Gasteiger partial charge in [-0.25, -0.2) is 0 Å². The number of carbonyl (C=O) groups excluding carboxylic acids is 1. The summed E-state index contributed by atoms with van der Waals surface area (Å²) >= 11 is 14.2. The summed E-state index contributed by atoms with van der Waals surface area (Å²) in [5.41, 5.74) is 2.17. The Hall–Kier alpha value is -2.33. The van der Waals surface area contributed by atoms with Crippen molar-refractivity contribution in [3.63, 3.8) is 0 Å². The Morgan fingerprint density at radius 1 is 1.17 bits per heavy atom. The molecule has 2 aromatic rings. The molecule has 4 rings (SSSR count). The Labute approximate surface area is 183 Å². The summed E-state index contributed by atoms with van der Waals surface area (Å²) in [5, 5.41) is 11.5. The minimum absolute atomic E-state index is 0.0503. The van der Waals surface area contributed by atoms with Crippen molar-refractivity contribution in [2.24, 2.45) is 0 Å². The molecule has 0 N–H and O–H groups in total. The molecule has 0 aromatic heterocycles. The molecule has 8 heteroatoms. The van der Waals surface area contributed by atoms with Gasteiger partial charge in [0.25, 0.3) is 0 Å². The van der Waals surface area contributed by atoms with E-state index in [1.54, 1.807) is 30.2 Å². The summed E-state index contributed by atoms with van der Waals surface area (Å²) in [6.45, 7) is 0.391. The maximum atomic E-state index is 13.0. The highest BCUT2D eigenvalue weighted by Crippen LogP contribution is 2.46. The van der Waals surface area contributed by atoms with Crippen LogP contribution in [0.4, 0.5) is 5.69 Å². The summed E-state index contributed by atoms with van der Waals surface area (Å²) in [5.74, 6) is 0.921. The standard InChI is InChI=1S/C21H17Cl2N3O2S/c1-28-14-7-5-13(6-8-14)25-11-26-19(27)9-15(16(10-24)21(26)29-12-25)20-17(22)3-2-4-18(20)23/h2-8,15H,9,11-12H2,1H3. The first-order valence-electron chi connectivity index (χ1n) is 8.93. The van der Waals surface area contributed by atoms with E-state index in [1.807, 2.05) is 24.3 Å². The first-order valence-corrected chi connectivity index (χ1v) is 10.7. The number of carbonyl (C=O) groups is 1. The zero-order chi connectivity index (χ0) is 20.5. The molecular weight excluding hydrogens is 429 g/mol. The van der Waals surface area contributed by atoms with Crippen molar-refractivity contribution < 1.29 is 9.53 Å². The molecule has 2 aliphatic rings. The SMILES string of the molecule is COc1ccc(N2CSC3=C(C#N)C(c4c(Cl)cccc4Cl)CC(=O)N3C2)cc1. The van der Waals surface area contributed by atoms with Gasteiger partial charge in [-0.15, -0.1) is 0 Å². The van der Waals surface area contributed by atoms with E-state index >= 15 is 0 Å². The fourth-order valence-corrected chi connectivity index (χ4v) is 5.44. The van der Waals surface area contributed by atoms with E-state index in [-0.39, 0.29) is 12.3 Å². The largest absolute Gasteiger partial charge is 0.497 e. The first kappa shape index (κ1) is 20.0. The van der Waals surface area contributed by atoms with Gasteiger partial charge in [-0.3, -0.25) is 9.69 Å². The number of benzene rings is 2. The Morgan fingerprint density at radius 2 is 1.86 bits per heavy atom. The van der Waals surface area contributed by atoms with Gasteiger partial charge < -0.3 is 9.64 Å². The predicted molar refractivity (Wildman–Crippen MR) is 116 cm³/mol. The van der Waals surface area contributed by atoms with Gasteiger partial charge in [0.05, 0.1) is 36.3 Å². The Morgan fingerprint density at radius 3 is 2.48 bits per heavy atom. The van der Waals surface area contributed by atoms with Gasteiger partial charge in [0, 0.05) is 28.1 Å². The monoisotopic (exact) mass is 445 g/mol. The van der Waals surface area contributed by atoms with Gasteiger partial charge in [-0.05, 0) is 42.0 Å². The fraction of sp³-hybridized carbons (Fsp3) is 0.238. The highest BCUT2D eigenvalue weighted by atomic mass is 35.5. The summed E-state index contributed by atoms with van der Waals surface area (Å²) in [7, 11) is 1.63. The minimum Gasteiger partial charge on any atom is -0.497 e. The molecule has 1 atom stereocenters. The highest BCUT2D eigenvalue weighted by Gasteiger charge is 2.39. The third kappa shape index (κ3) is 3.66. The maximum Gasteiger partial charge on any atom is 0.229 e. The number of ether oxygens (including phenoxy) is 1. The van der Waals surface area contributed by atoms with Crippen molar-refractivity contribution >= 4 is 46.6 Å². The minimum atomic E-state index is -0.431. The smallest absolute Gasteiger partial charge is 0.229 e. The Balaban J connectivity index is 1.67. The molecule has 1 fully saturated rings. The molecule has 29 heavy (non-hydrogen) atoms. The Bertz CT molecular complexity index is 1010. The second kappa shape index (κ2) is 8.19. The van der Waals surface area contributed by atoms with Crippen molar-refractivity contribution in [3.8, 4) is 11.8 Å². The first-order chi connectivity index (χ1) is 14.0. The van der Waals surface area contributed by atoms with Crippen molar-refractivity contribution in [3.05, 3.63) is 68.7 Å². The normalized spacial score (nSPS) is 19.1. The van der Waals surface area contributed by atoms with Crippen LogP contribution < -0.4 is 9.64 Å². The van der Waals surface area contributed by atoms with Gasteiger partial charge in [0.1, 0.15) is 5.75 Å². The average molecular weight is 446 g/mol. The number of halogens is 2. The van der Waals surface area contributed by atoms with Crippen molar-refractivity contribution in [1.29, 1.82) is 5.26 Å². The lowest BCUT2D eigenvalue weighted by atomic mass is 9.86. The Kier molecular flexibility index (Phi) is 5.64. The number of nitrogens with zero attached hydrogens (tertiary/aromatic N) is 3. The molecule has 0 bridgehead atoms. The molecule has 0 radical (unpaired) electrons. The van der Waals surface area contributed by atoms with E-state index in [9.17, 15) is 10.1 Å². The summed E-state index contributed by atoms with van der Waals surface area (Å²) in [6, 6.07) is 15.2. The number of nitriles is 1. The van der Waals surface area contributed by atoms with E-state index < -0.39 is 5.92 Å².